The summed E-state index contributed by atoms with van der Waals surface area (Å²) >= 11 is 6.17. The van der Waals surface area contributed by atoms with E-state index in [4.69, 9.17) is 17.1 Å². The quantitative estimate of drug-likeness (QED) is 0.125. The average Bonchev–Trinajstić information content (AvgIpc) is 3.62. The number of carbonyl (C=O) groups excluding carboxylic acids is 1. The second-order valence-electron chi connectivity index (χ2n) is 9.77. The van der Waals surface area contributed by atoms with Gasteiger partial charge >= 0.3 is 12.5 Å². The van der Waals surface area contributed by atoms with Crippen molar-refractivity contribution in [2.45, 2.75) is 32.5 Å². The van der Waals surface area contributed by atoms with Crippen LogP contribution < -0.4 is 15.1 Å². The van der Waals surface area contributed by atoms with Crippen molar-refractivity contribution in [3.63, 3.8) is 0 Å². The van der Waals surface area contributed by atoms with Crippen molar-refractivity contribution in [1.29, 1.82) is 0 Å². The number of benzene rings is 3. The number of amides is 1. The number of hydrogen-bond donors (Lipinski definition) is 1. The third kappa shape index (κ3) is 7.83. The van der Waals surface area contributed by atoms with Gasteiger partial charge in [0, 0.05) is 5.56 Å². The van der Waals surface area contributed by atoms with Crippen LogP contribution in [0.4, 0.5) is 32.0 Å². The van der Waals surface area contributed by atoms with Gasteiger partial charge < -0.3 is 4.74 Å². The maximum absolute atomic E-state index is 13.7. The van der Waals surface area contributed by atoms with Gasteiger partial charge in [0.25, 0.3) is 0 Å². The molecule has 2 heterocycles. The topological polar surface area (TPSA) is 93.9 Å². The normalized spacial score (nSPS) is 15.3. The molecule has 4 aromatic rings. The van der Waals surface area contributed by atoms with E-state index in [0.717, 1.165) is 22.7 Å². The summed E-state index contributed by atoms with van der Waals surface area (Å²) in [6.07, 6.45) is -8.62. The average molecular weight is 681 g/mol. The Kier molecular flexibility index (Phi) is 9.37. The van der Waals surface area contributed by atoms with Crippen molar-refractivity contribution >= 4 is 45.9 Å². The standard InChI is InChI=1S/C29H22F6N6O3S2/c1-16-3-12-22(28(30,31)32)23(13-16)41-24(42)14-46-27(41)37-26(45)39-44-17(2)18-4-6-19(7-5-18)25-36-15-40(38-25)20-8-10-21(11-9-20)43-29(33,34)35/h3-13,15,17H,14H2,1-2H3,(H,39,45)/b37-27-. The number of carbonyl (C=O) groups is 1. The third-order valence-electron chi connectivity index (χ3n) is 6.45. The summed E-state index contributed by atoms with van der Waals surface area (Å²) in [5.41, 5.74) is 3.59. The fourth-order valence-corrected chi connectivity index (χ4v) is 5.35. The summed E-state index contributed by atoms with van der Waals surface area (Å²) in [7, 11) is 0. The number of nitrogens with zero attached hydrogens (tertiary/aromatic N) is 5. The Balaban J connectivity index is 1.21. The first-order valence-electron chi connectivity index (χ1n) is 13.2. The van der Waals surface area contributed by atoms with Crippen molar-refractivity contribution in [2.24, 2.45) is 4.99 Å². The van der Waals surface area contributed by atoms with Crippen LogP contribution in [-0.2, 0) is 15.8 Å². The molecule has 1 aromatic heterocycles. The number of halogens is 6. The second kappa shape index (κ2) is 13.1. The molecular weight excluding hydrogens is 658 g/mol. The van der Waals surface area contributed by atoms with E-state index >= 15 is 0 Å². The van der Waals surface area contributed by atoms with Crippen molar-refractivity contribution < 1.29 is 40.7 Å². The number of thiocarbonyl (C=S) groups is 1. The zero-order valence-corrected chi connectivity index (χ0v) is 25.4. The number of aryl methyl sites for hydroxylation is 1. The maximum Gasteiger partial charge on any atom is 0.573 e. The van der Waals surface area contributed by atoms with Crippen molar-refractivity contribution in [1.82, 2.24) is 20.2 Å². The summed E-state index contributed by atoms with van der Waals surface area (Å²) in [6.45, 7) is 3.34. The van der Waals surface area contributed by atoms with Crippen LogP contribution in [0.5, 0.6) is 5.75 Å². The number of alkyl halides is 6. The van der Waals surface area contributed by atoms with E-state index in [1.165, 1.54) is 47.4 Å². The monoisotopic (exact) mass is 680 g/mol. The van der Waals surface area contributed by atoms with Gasteiger partial charge in [0.15, 0.2) is 11.0 Å². The van der Waals surface area contributed by atoms with Gasteiger partial charge in [-0.2, -0.15) is 18.2 Å². The van der Waals surface area contributed by atoms with E-state index in [0.29, 0.717) is 28.2 Å². The number of nitrogens with one attached hydrogen (secondary N) is 1. The Morgan fingerprint density at radius 1 is 1.04 bits per heavy atom. The SMILES string of the molecule is Cc1ccc(C(F)(F)F)c(N2C(=O)CS/C2=N\C(=S)NOC(C)c2ccc(-c3ncn(-c4ccc(OC(F)(F)F)cc4)n3)cc2)c1. The summed E-state index contributed by atoms with van der Waals surface area (Å²) in [5, 5.41) is 4.16. The molecule has 1 N–H and O–H groups in total. The molecule has 1 fully saturated rings. The number of rotatable bonds is 7. The first kappa shape index (κ1) is 32.9. The molecule has 46 heavy (non-hydrogen) atoms. The van der Waals surface area contributed by atoms with Crippen molar-refractivity contribution in [2.75, 3.05) is 10.7 Å². The molecule has 3 aromatic carbocycles. The van der Waals surface area contributed by atoms with Crippen LogP contribution in [0.3, 0.4) is 0 Å². The summed E-state index contributed by atoms with van der Waals surface area (Å²) in [4.78, 5) is 27.5. The molecule has 1 saturated heterocycles. The van der Waals surface area contributed by atoms with E-state index in [1.54, 1.807) is 38.1 Å². The van der Waals surface area contributed by atoms with E-state index in [1.807, 2.05) is 0 Å². The molecule has 0 saturated carbocycles. The van der Waals surface area contributed by atoms with E-state index in [2.05, 4.69) is 25.3 Å². The minimum absolute atomic E-state index is 0.0169. The smallest absolute Gasteiger partial charge is 0.406 e. The minimum Gasteiger partial charge on any atom is -0.406 e. The molecule has 1 atom stereocenters. The third-order valence-corrected chi connectivity index (χ3v) is 7.55. The Hall–Kier alpha value is -4.48. The summed E-state index contributed by atoms with van der Waals surface area (Å²) in [5.74, 6) is -0.666. The second-order valence-corrected chi connectivity index (χ2v) is 11.1. The largest absolute Gasteiger partial charge is 0.573 e. The molecule has 240 valence electrons. The van der Waals surface area contributed by atoms with Gasteiger partial charge in [-0.25, -0.2) is 15.1 Å². The molecule has 1 aliphatic rings. The zero-order chi connectivity index (χ0) is 33.2. The number of hydroxylamine groups is 1. The lowest BCUT2D eigenvalue weighted by Crippen LogP contribution is -2.33. The molecule has 0 aliphatic carbocycles. The fourth-order valence-electron chi connectivity index (χ4n) is 4.29. The van der Waals surface area contributed by atoms with Gasteiger partial charge in [0.2, 0.25) is 11.0 Å². The maximum atomic E-state index is 13.7. The Bertz CT molecular complexity index is 1780. The predicted molar refractivity (Wildman–Crippen MR) is 162 cm³/mol. The number of aromatic nitrogens is 3. The molecule has 0 bridgehead atoms. The highest BCUT2D eigenvalue weighted by molar-refractivity contribution is 8.15. The highest BCUT2D eigenvalue weighted by Gasteiger charge is 2.39. The van der Waals surface area contributed by atoms with Gasteiger partial charge in [0.05, 0.1) is 22.7 Å². The molecule has 0 spiro atoms. The number of amidine groups is 1. The number of thioether (sulfide) groups is 1. The van der Waals surface area contributed by atoms with Crippen molar-refractivity contribution in [3.05, 3.63) is 89.7 Å². The van der Waals surface area contributed by atoms with E-state index < -0.39 is 30.1 Å². The van der Waals surface area contributed by atoms with Crippen LogP contribution in [0.25, 0.3) is 17.1 Å². The summed E-state index contributed by atoms with van der Waals surface area (Å²) < 4.78 is 83.5. The van der Waals surface area contributed by atoms with Gasteiger partial charge in [-0.1, -0.05) is 42.1 Å². The zero-order valence-electron chi connectivity index (χ0n) is 23.8. The van der Waals surface area contributed by atoms with Crippen LogP contribution in [-0.4, -0.2) is 43.1 Å². The molecule has 9 nitrogen and oxygen atoms in total. The first-order valence-corrected chi connectivity index (χ1v) is 14.6. The lowest BCUT2D eigenvalue weighted by molar-refractivity contribution is -0.274. The van der Waals surface area contributed by atoms with E-state index in [9.17, 15) is 31.1 Å². The highest BCUT2D eigenvalue weighted by atomic mass is 32.2. The fraction of sp³-hybridized carbons (Fsp3) is 0.207. The molecule has 1 aliphatic heterocycles. The number of hydrogen-bond acceptors (Lipinski definition) is 7. The van der Waals surface area contributed by atoms with Crippen LogP contribution in [0.15, 0.2) is 78.0 Å². The Morgan fingerprint density at radius 2 is 1.74 bits per heavy atom. The van der Waals surface area contributed by atoms with Crippen LogP contribution >= 0.6 is 24.0 Å². The van der Waals surface area contributed by atoms with Crippen LogP contribution in [0, 0.1) is 6.92 Å². The molecule has 17 heteroatoms. The summed E-state index contributed by atoms with van der Waals surface area (Å²) in [6, 6.07) is 15.7. The lowest BCUT2D eigenvalue weighted by atomic mass is 10.1. The first-order chi connectivity index (χ1) is 21.7. The predicted octanol–water partition coefficient (Wildman–Crippen LogP) is 7.16. The minimum atomic E-state index is -4.79. The Labute approximate surface area is 267 Å². The van der Waals surface area contributed by atoms with Crippen molar-refractivity contribution in [3.8, 4) is 22.8 Å². The number of anilines is 1. The molecule has 5 rings (SSSR count). The van der Waals surface area contributed by atoms with E-state index in [-0.39, 0.29) is 27.5 Å². The molecule has 1 unspecified atom stereocenters. The van der Waals surface area contributed by atoms with Gasteiger partial charge in [-0.15, -0.1) is 18.3 Å². The van der Waals surface area contributed by atoms with Gasteiger partial charge in [-0.05, 0) is 73.6 Å². The number of aliphatic imine (C=N–C) groups is 1. The van der Waals surface area contributed by atoms with Gasteiger partial charge in [-0.3, -0.25) is 14.5 Å². The van der Waals surface area contributed by atoms with Crippen LogP contribution in [0.1, 0.15) is 29.7 Å². The molecule has 1 amide bonds. The Morgan fingerprint density at radius 3 is 2.39 bits per heavy atom. The van der Waals surface area contributed by atoms with Gasteiger partial charge in [0.1, 0.15) is 18.2 Å². The molecule has 0 radical (unpaired) electrons. The lowest BCUT2D eigenvalue weighted by Gasteiger charge is -2.22. The van der Waals surface area contributed by atoms with Crippen LogP contribution in [0.2, 0.25) is 0 Å². The number of ether oxygens (including phenoxy) is 1. The highest BCUT2D eigenvalue weighted by Crippen LogP contribution is 2.40. The molecular formula is C29H22F6N6O3S2.